The van der Waals surface area contributed by atoms with Crippen LogP contribution in [-0.2, 0) is 11.2 Å². The van der Waals surface area contributed by atoms with E-state index in [0.717, 1.165) is 12.2 Å². The Bertz CT molecular complexity index is 351. The summed E-state index contributed by atoms with van der Waals surface area (Å²) in [5.41, 5.74) is 2.64. The zero-order valence-electron chi connectivity index (χ0n) is 9.41. The highest BCUT2D eigenvalue weighted by molar-refractivity contribution is 5.42. The van der Waals surface area contributed by atoms with E-state index in [9.17, 15) is 0 Å². The molecule has 0 amide bonds. The van der Waals surface area contributed by atoms with E-state index < -0.39 is 0 Å². The molecule has 0 heterocycles. The molecule has 2 unspecified atom stereocenters. The van der Waals surface area contributed by atoms with E-state index in [1.165, 1.54) is 11.1 Å². The smallest absolute Gasteiger partial charge is 0.119 e. The van der Waals surface area contributed by atoms with Gasteiger partial charge in [-0.05, 0) is 30.3 Å². The summed E-state index contributed by atoms with van der Waals surface area (Å²) in [4.78, 5) is 0. The standard InChI is InChI=1S/C12H17NO2/c1-13-12-10-7-9(14-2)5-4-8(10)6-11(12)15-3/h4-5,7,11-13H,6H2,1-3H3. The van der Waals surface area contributed by atoms with E-state index in [1.54, 1.807) is 14.2 Å². The lowest BCUT2D eigenvalue weighted by Gasteiger charge is -2.18. The summed E-state index contributed by atoms with van der Waals surface area (Å²) in [6.45, 7) is 0. The summed E-state index contributed by atoms with van der Waals surface area (Å²) in [5.74, 6) is 0.908. The van der Waals surface area contributed by atoms with E-state index in [2.05, 4.69) is 17.4 Å². The summed E-state index contributed by atoms with van der Waals surface area (Å²) in [7, 11) is 5.42. The Labute approximate surface area is 90.4 Å². The molecule has 0 saturated carbocycles. The zero-order valence-corrected chi connectivity index (χ0v) is 9.41. The van der Waals surface area contributed by atoms with Crippen molar-refractivity contribution in [2.24, 2.45) is 0 Å². The molecule has 3 nitrogen and oxygen atoms in total. The van der Waals surface area contributed by atoms with Crippen molar-refractivity contribution in [3.05, 3.63) is 29.3 Å². The third-order valence-electron chi connectivity index (χ3n) is 3.09. The fraction of sp³-hybridized carbons (Fsp3) is 0.500. The fourth-order valence-corrected chi connectivity index (χ4v) is 2.27. The number of likely N-dealkylation sites (N-methyl/N-ethyl adjacent to an activating group) is 1. The Morgan fingerprint density at radius 3 is 2.73 bits per heavy atom. The second kappa shape index (κ2) is 4.21. The maximum Gasteiger partial charge on any atom is 0.119 e. The van der Waals surface area contributed by atoms with Gasteiger partial charge in [0.2, 0.25) is 0 Å². The summed E-state index contributed by atoms with van der Waals surface area (Å²) in [5, 5.41) is 3.29. The summed E-state index contributed by atoms with van der Waals surface area (Å²) >= 11 is 0. The first kappa shape index (κ1) is 10.5. The Morgan fingerprint density at radius 1 is 1.33 bits per heavy atom. The molecule has 3 heteroatoms. The maximum atomic E-state index is 5.47. The Balaban J connectivity index is 2.36. The summed E-state index contributed by atoms with van der Waals surface area (Å²) in [6, 6.07) is 6.50. The highest BCUT2D eigenvalue weighted by atomic mass is 16.5. The molecule has 0 bridgehead atoms. The quantitative estimate of drug-likeness (QED) is 0.815. The van der Waals surface area contributed by atoms with Gasteiger partial charge in [0.25, 0.3) is 0 Å². The number of ether oxygens (including phenoxy) is 2. The minimum Gasteiger partial charge on any atom is -0.497 e. The molecule has 1 aromatic carbocycles. The molecular weight excluding hydrogens is 190 g/mol. The molecule has 2 rings (SSSR count). The van der Waals surface area contributed by atoms with Crippen LogP contribution in [0.3, 0.4) is 0 Å². The second-order valence-electron chi connectivity index (χ2n) is 3.81. The number of hydrogen-bond donors (Lipinski definition) is 1. The molecular formula is C12H17NO2. The average molecular weight is 207 g/mol. The number of benzene rings is 1. The van der Waals surface area contributed by atoms with Crippen LogP contribution < -0.4 is 10.1 Å². The second-order valence-corrected chi connectivity index (χ2v) is 3.81. The first-order chi connectivity index (χ1) is 7.30. The maximum absolute atomic E-state index is 5.47. The van der Waals surface area contributed by atoms with E-state index in [0.29, 0.717) is 0 Å². The van der Waals surface area contributed by atoms with Crippen LogP contribution in [0.15, 0.2) is 18.2 Å². The molecule has 82 valence electrons. The van der Waals surface area contributed by atoms with Gasteiger partial charge in [-0.15, -0.1) is 0 Å². The third kappa shape index (κ3) is 1.73. The van der Waals surface area contributed by atoms with E-state index >= 15 is 0 Å². The third-order valence-corrected chi connectivity index (χ3v) is 3.09. The largest absolute Gasteiger partial charge is 0.497 e. The molecule has 0 fully saturated rings. The van der Waals surface area contributed by atoms with Gasteiger partial charge in [0.05, 0.1) is 19.3 Å². The van der Waals surface area contributed by atoms with Crippen molar-refractivity contribution in [2.45, 2.75) is 18.6 Å². The van der Waals surface area contributed by atoms with Crippen LogP contribution in [0, 0.1) is 0 Å². The van der Waals surface area contributed by atoms with E-state index in [1.807, 2.05) is 13.1 Å². The number of nitrogens with one attached hydrogen (secondary N) is 1. The van der Waals surface area contributed by atoms with Crippen LogP contribution in [-0.4, -0.2) is 27.4 Å². The lowest BCUT2D eigenvalue weighted by Crippen LogP contribution is -2.27. The van der Waals surface area contributed by atoms with E-state index in [-0.39, 0.29) is 12.1 Å². The summed E-state index contributed by atoms with van der Waals surface area (Å²) in [6.07, 6.45) is 1.21. The number of rotatable bonds is 3. The number of hydrogen-bond acceptors (Lipinski definition) is 3. The van der Waals surface area contributed by atoms with Gasteiger partial charge >= 0.3 is 0 Å². The van der Waals surface area contributed by atoms with Gasteiger partial charge in [-0.25, -0.2) is 0 Å². The molecule has 1 aliphatic rings. The van der Waals surface area contributed by atoms with Crippen LogP contribution in [0.2, 0.25) is 0 Å². The van der Waals surface area contributed by atoms with Crippen molar-refractivity contribution in [3.8, 4) is 5.75 Å². The molecule has 1 aromatic rings. The molecule has 1 N–H and O–H groups in total. The first-order valence-corrected chi connectivity index (χ1v) is 5.17. The fourth-order valence-electron chi connectivity index (χ4n) is 2.27. The highest BCUT2D eigenvalue weighted by Gasteiger charge is 2.31. The zero-order chi connectivity index (χ0) is 10.8. The molecule has 0 saturated heterocycles. The van der Waals surface area contributed by atoms with Crippen molar-refractivity contribution in [1.82, 2.24) is 5.32 Å². The lowest BCUT2D eigenvalue weighted by molar-refractivity contribution is 0.0815. The number of fused-ring (bicyclic) bond motifs is 1. The average Bonchev–Trinajstić information content (AvgIpc) is 2.65. The van der Waals surface area contributed by atoms with Gasteiger partial charge in [-0.1, -0.05) is 6.07 Å². The first-order valence-electron chi connectivity index (χ1n) is 5.17. The van der Waals surface area contributed by atoms with Crippen LogP contribution in [0.1, 0.15) is 17.2 Å². The van der Waals surface area contributed by atoms with Gasteiger partial charge in [-0.3, -0.25) is 0 Å². The normalized spacial score (nSPS) is 23.9. The van der Waals surface area contributed by atoms with Crippen molar-refractivity contribution < 1.29 is 9.47 Å². The van der Waals surface area contributed by atoms with Crippen molar-refractivity contribution in [2.75, 3.05) is 21.3 Å². The number of methoxy groups -OCH3 is 2. The monoisotopic (exact) mass is 207 g/mol. The topological polar surface area (TPSA) is 30.5 Å². The molecule has 1 aliphatic carbocycles. The van der Waals surface area contributed by atoms with Gasteiger partial charge in [0.15, 0.2) is 0 Å². The Morgan fingerprint density at radius 2 is 2.13 bits per heavy atom. The van der Waals surface area contributed by atoms with Gasteiger partial charge in [0.1, 0.15) is 5.75 Å². The molecule has 2 atom stereocenters. The molecule has 0 aromatic heterocycles. The minimum atomic E-state index is 0.233. The van der Waals surface area contributed by atoms with Crippen molar-refractivity contribution in [1.29, 1.82) is 0 Å². The SMILES string of the molecule is CNC1c2cc(OC)ccc2CC1OC. The predicted molar refractivity (Wildman–Crippen MR) is 59.3 cm³/mol. The highest BCUT2D eigenvalue weighted by Crippen LogP contribution is 2.35. The molecule has 0 radical (unpaired) electrons. The van der Waals surface area contributed by atoms with Gasteiger partial charge in [0, 0.05) is 13.5 Å². The van der Waals surface area contributed by atoms with Crippen molar-refractivity contribution in [3.63, 3.8) is 0 Å². The van der Waals surface area contributed by atoms with Crippen LogP contribution >= 0.6 is 0 Å². The van der Waals surface area contributed by atoms with E-state index in [4.69, 9.17) is 9.47 Å². The molecule has 0 spiro atoms. The van der Waals surface area contributed by atoms with Crippen LogP contribution in [0.4, 0.5) is 0 Å². The Hall–Kier alpha value is -1.06. The minimum absolute atomic E-state index is 0.233. The van der Waals surface area contributed by atoms with Crippen molar-refractivity contribution >= 4 is 0 Å². The predicted octanol–water partition coefficient (Wildman–Crippen LogP) is 1.53. The molecule has 0 aliphatic heterocycles. The summed E-state index contributed by atoms with van der Waals surface area (Å²) < 4.78 is 10.7. The Kier molecular flexibility index (Phi) is 2.93. The van der Waals surface area contributed by atoms with Crippen LogP contribution in [0.5, 0.6) is 5.75 Å². The van der Waals surface area contributed by atoms with Gasteiger partial charge < -0.3 is 14.8 Å². The van der Waals surface area contributed by atoms with Crippen LogP contribution in [0.25, 0.3) is 0 Å². The molecule has 15 heavy (non-hydrogen) atoms. The lowest BCUT2D eigenvalue weighted by atomic mass is 10.1. The van der Waals surface area contributed by atoms with Gasteiger partial charge in [-0.2, -0.15) is 0 Å².